The summed E-state index contributed by atoms with van der Waals surface area (Å²) >= 11 is 0. The number of carbonyl (C=O) groups is 4. The summed E-state index contributed by atoms with van der Waals surface area (Å²) in [6.07, 6.45) is 2.86. The van der Waals surface area contributed by atoms with E-state index in [9.17, 15) is 28.8 Å². The van der Waals surface area contributed by atoms with Gasteiger partial charge >= 0.3 is 0 Å². The van der Waals surface area contributed by atoms with Crippen molar-refractivity contribution in [3.8, 4) is 6.07 Å². The van der Waals surface area contributed by atoms with Crippen LogP contribution in [-0.2, 0) is 19.8 Å². The SMILES string of the molecule is CC(C)C[C@@H](C(=O)N1C[C@]2(C[C@H]1C#N)C(=O)Nc1ccccc12)N(C)C(=O)C(CC1CC1)NC(=O)c1ccc(F)cc1. The molecule has 2 N–H and O–H groups in total. The molecule has 42 heavy (non-hydrogen) atoms. The summed E-state index contributed by atoms with van der Waals surface area (Å²) in [4.78, 5) is 57.2. The highest BCUT2D eigenvalue weighted by atomic mass is 19.1. The van der Waals surface area contributed by atoms with E-state index in [1.807, 2.05) is 38.1 Å². The summed E-state index contributed by atoms with van der Waals surface area (Å²) in [5.41, 5.74) is 0.648. The molecule has 3 aliphatic rings. The summed E-state index contributed by atoms with van der Waals surface area (Å²) in [5, 5.41) is 15.8. The number of likely N-dealkylation sites (tertiary alicyclic amines) is 1. The zero-order chi connectivity index (χ0) is 30.2. The van der Waals surface area contributed by atoms with Gasteiger partial charge in [0.25, 0.3) is 5.91 Å². The summed E-state index contributed by atoms with van der Waals surface area (Å²) in [6.45, 7) is 3.94. The van der Waals surface area contributed by atoms with E-state index in [1.165, 1.54) is 34.1 Å². The Morgan fingerprint density at radius 1 is 1.17 bits per heavy atom. The molecule has 2 aliphatic heterocycles. The van der Waals surface area contributed by atoms with Gasteiger partial charge in [0, 0.05) is 31.3 Å². The summed E-state index contributed by atoms with van der Waals surface area (Å²) in [6, 6.07) is 12.0. The third kappa shape index (κ3) is 5.60. The van der Waals surface area contributed by atoms with E-state index in [0.717, 1.165) is 18.4 Å². The van der Waals surface area contributed by atoms with E-state index in [2.05, 4.69) is 16.7 Å². The lowest BCUT2D eigenvalue weighted by atomic mass is 9.80. The van der Waals surface area contributed by atoms with Crippen molar-refractivity contribution in [1.29, 1.82) is 5.26 Å². The largest absolute Gasteiger partial charge is 0.340 e. The van der Waals surface area contributed by atoms with Crippen molar-refractivity contribution in [1.82, 2.24) is 15.1 Å². The number of halogens is 1. The van der Waals surface area contributed by atoms with Crippen molar-refractivity contribution >= 4 is 29.3 Å². The Bertz CT molecular complexity index is 1430. The van der Waals surface area contributed by atoms with Crippen LogP contribution < -0.4 is 10.6 Å². The van der Waals surface area contributed by atoms with Gasteiger partial charge in [-0.2, -0.15) is 5.26 Å². The van der Waals surface area contributed by atoms with Gasteiger partial charge in [0.1, 0.15) is 23.9 Å². The van der Waals surface area contributed by atoms with Crippen molar-refractivity contribution in [3.63, 3.8) is 0 Å². The van der Waals surface area contributed by atoms with Gasteiger partial charge in [0.05, 0.1) is 11.5 Å². The molecule has 1 aliphatic carbocycles. The standard InChI is InChI=1S/C32H36FN5O4/c1-19(2)14-27(30(41)38-18-32(16-23(38)17-34)24-6-4-5-7-25(24)36-31(32)42)37(3)29(40)26(15-20-8-9-20)35-28(39)21-10-12-22(33)13-11-21/h4-7,10-13,19-20,23,26-27H,8-9,14-16,18H2,1-3H3,(H,35,39)(H,36,42)/t23-,26?,27-,32-/m0/s1. The topological polar surface area (TPSA) is 123 Å². The number of nitrogens with zero attached hydrogens (tertiary/aromatic N) is 3. The maximum Gasteiger partial charge on any atom is 0.251 e. The minimum absolute atomic E-state index is 0.0380. The number of amides is 4. The number of hydrogen-bond acceptors (Lipinski definition) is 5. The fourth-order valence-corrected chi connectivity index (χ4v) is 6.20. The highest BCUT2D eigenvalue weighted by molar-refractivity contribution is 6.07. The maximum atomic E-state index is 14.2. The first-order valence-electron chi connectivity index (χ1n) is 14.5. The Balaban J connectivity index is 1.39. The highest BCUT2D eigenvalue weighted by Crippen LogP contribution is 2.46. The molecule has 0 radical (unpaired) electrons. The molecule has 4 amide bonds. The second-order valence-corrected chi connectivity index (χ2v) is 12.2. The minimum Gasteiger partial charge on any atom is -0.340 e. The third-order valence-corrected chi connectivity index (χ3v) is 8.69. The molecule has 2 fully saturated rings. The molecule has 2 heterocycles. The number of carbonyl (C=O) groups excluding carboxylic acids is 4. The predicted octanol–water partition coefficient (Wildman–Crippen LogP) is 3.61. The van der Waals surface area contributed by atoms with Crippen LogP contribution in [0.5, 0.6) is 0 Å². The Hall–Kier alpha value is -4.26. The number of benzene rings is 2. The monoisotopic (exact) mass is 573 g/mol. The van der Waals surface area contributed by atoms with Crippen LogP contribution in [0.2, 0.25) is 0 Å². The number of nitrogens with one attached hydrogen (secondary N) is 2. The van der Waals surface area contributed by atoms with Crippen LogP contribution in [0.1, 0.15) is 61.9 Å². The second-order valence-electron chi connectivity index (χ2n) is 12.2. The number of anilines is 1. The number of rotatable bonds is 9. The molecule has 1 unspecified atom stereocenters. The average molecular weight is 574 g/mol. The lowest BCUT2D eigenvalue weighted by molar-refractivity contribution is -0.146. The van der Waals surface area contributed by atoms with Crippen LogP contribution in [0.4, 0.5) is 10.1 Å². The number of para-hydroxylation sites is 1. The summed E-state index contributed by atoms with van der Waals surface area (Å²) in [7, 11) is 1.56. The van der Waals surface area contributed by atoms with Crippen LogP contribution in [0.3, 0.4) is 0 Å². The smallest absolute Gasteiger partial charge is 0.251 e. The summed E-state index contributed by atoms with van der Waals surface area (Å²) < 4.78 is 13.4. The van der Waals surface area contributed by atoms with Crippen molar-refractivity contribution in [2.75, 3.05) is 18.9 Å². The first kappa shape index (κ1) is 29.2. The van der Waals surface area contributed by atoms with E-state index < -0.39 is 47.1 Å². The maximum absolute atomic E-state index is 14.2. The average Bonchev–Trinajstić information content (AvgIpc) is 3.64. The van der Waals surface area contributed by atoms with Gasteiger partial charge in [-0.1, -0.05) is 44.9 Å². The second kappa shape index (κ2) is 11.6. The molecule has 1 saturated heterocycles. The van der Waals surface area contributed by atoms with Crippen LogP contribution in [0, 0.1) is 29.0 Å². The van der Waals surface area contributed by atoms with Gasteiger partial charge in [0.15, 0.2) is 0 Å². The third-order valence-electron chi connectivity index (χ3n) is 8.69. The van der Waals surface area contributed by atoms with Crippen molar-refractivity contribution in [3.05, 3.63) is 65.5 Å². The minimum atomic E-state index is -1.03. The molecule has 220 valence electrons. The lowest BCUT2D eigenvalue weighted by Crippen LogP contribution is -2.56. The molecule has 0 aromatic heterocycles. The predicted molar refractivity (Wildman–Crippen MR) is 153 cm³/mol. The van der Waals surface area contributed by atoms with E-state index in [-0.39, 0.29) is 30.4 Å². The quantitative estimate of drug-likeness (QED) is 0.475. The fraction of sp³-hybridized carbons (Fsp3) is 0.469. The molecular formula is C32H36FN5O4. The van der Waals surface area contributed by atoms with Gasteiger partial charge < -0.3 is 20.4 Å². The zero-order valence-electron chi connectivity index (χ0n) is 24.1. The molecular weight excluding hydrogens is 537 g/mol. The Labute approximate surface area is 245 Å². The highest BCUT2D eigenvalue weighted by Gasteiger charge is 2.56. The number of fused-ring (bicyclic) bond motifs is 2. The number of nitriles is 1. The Morgan fingerprint density at radius 3 is 2.50 bits per heavy atom. The van der Waals surface area contributed by atoms with E-state index in [1.54, 1.807) is 7.05 Å². The molecule has 2 aromatic rings. The normalized spacial score (nSPS) is 22.3. The summed E-state index contributed by atoms with van der Waals surface area (Å²) in [5.74, 6) is -1.66. The Morgan fingerprint density at radius 2 is 1.86 bits per heavy atom. The van der Waals surface area contributed by atoms with E-state index in [4.69, 9.17) is 0 Å². The molecule has 0 bridgehead atoms. The van der Waals surface area contributed by atoms with Gasteiger partial charge in [-0.3, -0.25) is 19.2 Å². The molecule has 9 nitrogen and oxygen atoms in total. The first-order chi connectivity index (χ1) is 20.0. The van der Waals surface area contributed by atoms with Gasteiger partial charge in [-0.15, -0.1) is 0 Å². The lowest BCUT2D eigenvalue weighted by Gasteiger charge is -2.35. The van der Waals surface area contributed by atoms with Crippen molar-refractivity contribution in [2.45, 2.75) is 69.5 Å². The first-order valence-corrected chi connectivity index (χ1v) is 14.5. The van der Waals surface area contributed by atoms with Gasteiger partial charge in [-0.25, -0.2) is 4.39 Å². The zero-order valence-corrected chi connectivity index (χ0v) is 24.1. The Kier molecular flexibility index (Phi) is 8.04. The molecule has 5 rings (SSSR count). The fourth-order valence-electron chi connectivity index (χ4n) is 6.20. The van der Waals surface area contributed by atoms with Crippen LogP contribution >= 0.6 is 0 Å². The van der Waals surface area contributed by atoms with Crippen LogP contribution in [0.15, 0.2) is 48.5 Å². The number of hydrogen-bond donors (Lipinski definition) is 2. The van der Waals surface area contributed by atoms with Crippen molar-refractivity contribution < 1.29 is 23.6 Å². The van der Waals surface area contributed by atoms with Gasteiger partial charge in [-0.05, 0) is 60.6 Å². The number of likely N-dealkylation sites (N-methyl/N-ethyl adjacent to an activating group) is 1. The molecule has 2 aromatic carbocycles. The van der Waals surface area contributed by atoms with Crippen molar-refractivity contribution in [2.24, 2.45) is 11.8 Å². The van der Waals surface area contributed by atoms with Crippen LogP contribution in [-0.4, -0.2) is 65.1 Å². The molecule has 1 spiro atoms. The van der Waals surface area contributed by atoms with Crippen LogP contribution in [0.25, 0.3) is 0 Å². The van der Waals surface area contributed by atoms with E-state index in [0.29, 0.717) is 24.4 Å². The molecule has 1 saturated carbocycles. The van der Waals surface area contributed by atoms with E-state index >= 15 is 0 Å². The van der Waals surface area contributed by atoms with Gasteiger partial charge in [0.2, 0.25) is 17.7 Å². The molecule has 4 atom stereocenters. The molecule has 10 heteroatoms.